The standard InChI is InChI=1S/Ag.Au.Li.Pt. The van der Waals surface area contributed by atoms with E-state index >= 15 is 0 Å². The van der Waals surface area contributed by atoms with Gasteiger partial charge in [0.2, 0.25) is 0 Å². The minimum absolute atomic E-state index is 0. The first kappa shape index (κ1) is 29.4. The van der Waals surface area contributed by atoms with Gasteiger partial charge in [0.1, 0.15) is 0 Å². The van der Waals surface area contributed by atoms with Crippen LogP contribution in [0, 0.1) is 0 Å². The summed E-state index contributed by atoms with van der Waals surface area (Å²) in [6.45, 7) is 0. The third-order valence-corrected chi connectivity index (χ3v) is 0. The van der Waals surface area contributed by atoms with Crippen molar-refractivity contribution in [1.29, 1.82) is 0 Å². The van der Waals surface area contributed by atoms with Gasteiger partial charge in [-0.25, -0.2) is 0 Å². The molecule has 0 aromatic rings. The molecule has 4 heavy (non-hydrogen) atoms. The summed E-state index contributed by atoms with van der Waals surface area (Å²) in [5, 5.41) is 0. The Hall–Kier alpha value is 2.77. The molecule has 0 aromatic carbocycles. The summed E-state index contributed by atoms with van der Waals surface area (Å²) < 4.78 is 0. The summed E-state index contributed by atoms with van der Waals surface area (Å²) >= 11 is 0. The second kappa shape index (κ2) is 17.1. The zero-order valence-corrected chi connectivity index (χ0v) is 7.84. The minimum Gasteiger partial charge on any atom is 0 e. The fourth-order valence-corrected chi connectivity index (χ4v) is 0. The molecule has 0 nitrogen and oxygen atoms in total. The normalized spacial score (nSPS) is 0. The van der Waals surface area contributed by atoms with Crippen molar-refractivity contribution >= 4 is 18.9 Å². The average molecular weight is 507 g/mol. The summed E-state index contributed by atoms with van der Waals surface area (Å²) in [4.78, 5) is 0. The van der Waals surface area contributed by atoms with Gasteiger partial charge < -0.3 is 0 Å². The van der Waals surface area contributed by atoms with E-state index in [0.29, 0.717) is 0 Å². The van der Waals surface area contributed by atoms with Gasteiger partial charge in [-0.15, -0.1) is 0 Å². The molecule has 0 bridgehead atoms. The fourth-order valence-electron chi connectivity index (χ4n) is 0. The zero-order valence-electron chi connectivity index (χ0n) is 1.92. The molecule has 0 N–H and O–H groups in total. The largest absolute Gasteiger partial charge is 0 e. The summed E-state index contributed by atoms with van der Waals surface area (Å²) in [6, 6.07) is 0. The van der Waals surface area contributed by atoms with Crippen LogP contribution in [-0.4, -0.2) is 18.9 Å². The van der Waals surface area contributed by atoms with Crippen LogP contribution < -0.4 is 0 Å². The predicted molar refractivity (Wildman–Crippen MR) is 5.75 cm³/mol. The van der Waals surface area contributed by atoms with Crippen LogP contribution in [0.4, 0.5) is 0 Å². The maximum Gasteiger partial charge on any atom is 0 e. The van der Waals surface area contributed by atoms with Crippen molar-refractivity contribution in [3.05, 3.63) is 0 Å². The van der Waals surface area contributed by atoms with Gasteiger partial charge in [-0.1, -0.05) is 0 Å². The van der Waals surface area contributed by atoms with Gasteiger partial charge in [-0.05, 0) is 0 Å². The van der Waals surface area contributed by atoms with Gasteiger partial charge in [-0.3, -0.25) is 0 Å². The van der Waals surface area contributed by atoms with E-state index in [4.69, 9.17) is 0 Å². The van der Waals surface area contributed by atoms with Crippen LogP contribution in [0.15, 0.2) is 0 Å². The first-order valence-electron chi connectivity index (χ1n) is 0. The Morgan fingerprint density at radius 2 is 1.00 bits per heavy atom. The van der Waals surface area contributed by atoms with Crippen LogP contribution in [0.2, 0.25) is 0 Å². The maximum absolute atomic E-state index is 0. The van der Waals surface area contributed by atoms with Crippen LogP contribution in [-0.2, 0) is 65.8 Å². The van der Waals surface area contributed by atoms with Crippen molar-refractivity contribution < 1.29 is 65.8 Å². The molecule has 0 atom stereocenters. The van der Waals surface area contributed by atoms with Gasteiger partial charge in [0.15, 0.2) is 0 Å². The van der Waals surface area contributed by atoms with E-state index in [2.05, 4.69) is 0 Å². The quantitative estimate of drug-likeness (QED) is 0.393. The van der Waals surface area contributed by atoms with Crippen molar-refractivity contribution in [1.82, 2.24) is 0 Å². The van der Waals surface area contributed by atoms with Crippen molar-refractivity contribution in [3.63, 3.8) is 0 Å². The molecule has 0 amide bonds. The van der Waals surface area contributed by atoms with Gasteiger partial charge >= 0.3 is 0 Å². The smallest absolute Gasteiger partial charge is 0 e. The molecule has 0 unspecified atom stereocenters. The predicted octanol–water partition coefficient (Wildman–Crippen LogP) is -0.388. The third-order valence-electron chi connectivity index (χ3n) is 0. The van der Waals surface area contributed by atoms with Crippen molar-refractivity contribution in [2.75, 3.05) is 0 Å². The van der Waals surface area contributed by atoms with Crippen LogP contribution in [0.1, 0.15) is 0 Å². The fraction of sp³-hybridized carbons (Fsp3) is 0. The SMILES string of the molecule is [Ag].[Au].[Li].[Pt]. The molecule has 0 saturated carbocycles. The van der Waals surface area contributed by atoms with Crippen LogP contribution in [0.5, 0.6) is 0 Å². The summed E-state index contributed by atoms with van der Waals surface area (Å²) in [5.74, 6) is 0. The van der Waals surface area contributed by atoms with Gasteiger partial charge in [0.25, 0.3) is 0 Å². The van der Waals surface area contributed by atoms with E-state index in [9.17, 15) is 0 Å². The van der Waals surface area contributed by atoms with Crippen molar-refractivity contribution in [2.45, 2.75) is 0 Å². The number of rotatable bonds is 0. The molecule has 0 aromatic heterocycles. The van der Waals surface area contributed by atoms with Crippen molar-refractivity contribution in [3.8, 4) is 0 Å². The Kier molecular flexibility index (Phi) is 126. The van der Waals surface area contributed by atoms with Gasteiger partial charge in [-0.2, -0.15) is 0 Å². The van der Waals surface area contributed by atoms with Crippen LogP contribution >= 0.6 is 0 Å². The monoisotopic (exact) mass is 506 g/mol. The van der Waals surface area contributed by atoms with Gasteiger partial charge in [0.05, 0.1) is 0 Å². The van der Waals surface area contributed by atoms with E-state index in [1.54, 1.807) is 0 Å². The minimum atomic E-state index is 0. The van der Waals surface area contributed by atoms with E-state index < -0.39 is 0 Å². The second-order valence-electron chi connectivity index (χ2n) is 0. The van der Waals surface area contributed by atoms with Crippen LogP contribution in [0.25, 0.3) is 0 Å². The Balaban J connectivity index is 0. The van der Waals surface area contributed by atoms with E-state index in [0.717, 1.165) is 0 Å². The first-order chi connectivity index (χ1) is 0. The summed E-state index contributed by atoms with van der Waals surface area (Å²) in [5.41, 5.74) is 0. The molecule has 0 aliphatic carbocycles. The second-order valence-corrected chi connectivity index (χ2v) is 0. The summed E-state index contributed by atoms with van der Waals surface area (Å²) in [6.07, 6.45) is 0. The number of hydrogen-bond donors (Lipinski definition) is 0. The maximum atomic E-state index is 0. The molecule has 0 heterocycles. The molecule has 4 heteroatoms. The Morgan fingerprint density at radius 1 is 1.00 bits per heavy atom. The molecule has 0 spiro atoms. The van der Waals surface area contributed by atoms with E-state index in [1.165, 1.54) is 0 Å². The topological polar surface area (TPSA) is 0 Å². The molecule has 33 valence electrons. The molecule has 0 rings (SSSR count). The zero-order chi connectivity index (χ0) is 0. The molecule has 0 aliphatic rings. The molecule has 0 fully saturated rings. The average Bonchev–Trinajstić information content (AvgIpc) is 0. The molecular formula is AgAuLiPt. The van der Waals surface area contributed by atoms with E-state index in [-0.39, 0.29) is 84.7 Å². The molecular weight excluding hydrogens is 507 g/mol. The summed E-state index contributed by atoms with van der Waals surface area (Å²) in [7, 11) is 0. The molecule has 0 aliphatic heterocycles. The Morgan fingerprint density at radius 3 is 1.00 bits per heavy atom. The van der Waals surface area contributed by atoms with E-state index in [1.807, 2.05) is 0 Å². The Labute approximate surface area is 83.3 Å². The Bertz CT molecular complexity index is 8.00. The van der Waals surface area contributed by atoms with Crippen molar-refractivity contribution in [2.24, 2.45) is 0 Å². The third kappa shape index (κ3) is 8.84. The molecule has 0 saturated heterocycles. The van der Waals surface area contributed by atoms with Crippen LogP contribution in [0.3, 0.4) is 0 Å². The molecule has 3 radical (unpaired) electrons. The first-order valence-corrected chi connectivity index (χ1v) is 0. The number of hydrogen-bond acceptors (Lipinski definition) is 0. The van der Waals surface area contributed by atoms with Gasteiger partial charge in [0, 0.05) is 84.7 Å².